The molecule has 4 nitrogen and oxygen atoms in total. The first-order chi connectivity index (χ1) is 8.71. The number of carbonyl (C=O) groups excluding carboxylic acids is 1. The summed E-state index contributed by atoms with van der Waals surface area (Å²) in [5, 5.41) is 6.45. The molecule has 0 aromatic carbocycles. The minimum atomic E-state index is -0.339. The molecule has 0 radical (unpaired) electrons. The number of hydrogen-bond donors (Lipinski definition) is 2. The number of carbonyl (C=O) groups is 1. The van der Waals surface area contributed by atoms with Crippen molar-refractivity contribution >= 4 is 5.91 Å². The summed E-state index contributed by atoms with van der Waals surface area (Å²) in [6.07, 6.45) is 6.67. The minimum Gasteiger partial charge on any atom is -0.381 e. The molecule has 104 valence electrons. The molecule has 2 aliphatic heterocycles. The summed E-state index contributed by atoms with van der Waals surface area (Å²) in [7, 11) is 0. The van der Waals surface area contributed by atoms with Crippen LogP contribution in [0.2, 0.25) is 0 Å². The maximum atomic E-state index is 12.2. The fourth-order valence-electron chi connectivity index (χ4n) is 2.87. The van der Waals surface area contributed by atoms with Gasteiger partial charge in [0.1, 0.15) is 0 Å². The Hall–Kier alpha value is -0.610. The van der Waals surface area contributed by atoms with E-state index < -0.39 is 0 Å². The van der Waals surface area contributed by atoms with E-state index in [-0.39, 0.29) is 11.4 Å². The van der Waals surface area contributed by atoms with Crippen LogP contribution in [0, 0.1) is 5.92 Å². The average Bonchev–Trinajstić information content (AvgIpc) is 2.41. The molecule has 0 aliphatic carbocycles. The lowest BCUT2D eigenvalue weighted by atomic mass is 9.90. The van der Waals surface area contributed by atoms with Gasteiger partial charge in [-0.15, -0.1) is 0 Å². The Kier molecular flexibility index (Phi) is 5.01. The number of amides is 1. The van der Waals surface area contributed by atoms with Gasteiger partial charge >= 0.3 is 0 Å². The molecule has 2 N–H and O–H groups in total. The van der Waals surface area contributed by atoms with Crippen LogP contribution in [0.5, 0.6) is 0 Å². The van der Waals surface area contributed by atoms with Crippen LogP contribution in [0.4, 0.5) is 0 Å². The molecule has 2 fully saturated rings. The van der Waals surface area contributed by atoms with Crippen molar-refractivity contribution < 1.29 is 9.53 Å². The smallest absolute Gasteiger partial charge is 0.240 e. The predicted octanol–water partition coefficient (Wildman–Crippen LogP) is 1.45. The van der Waals surface area contributed by atoms with Gasteiger partial charge < -0.3 is 15.4 Å². The summed E-state index contributed by atoms with van der Waals surface area (Å²) in [6.45, 7) is 5.57. The van der Waals surface area contributed by atoms with E-state index in [0.717, 1.165) is 64.3 Å². The largest absolute Gasteiger partial charge is 0.381 e. The first-order valence-corrected chi connectivity index (χ1v) is 7.32. The molecule has 2 rings (SSSR count). The summed E-state index contributed by atoms with van der Waals surface area (Å²) in [5.74, 6) is 0.903. The molecule has 2 saturated heterocycles. The SMILES string of the molecule is CC1(C(=O)NCCC2CCOCC2)CCCCN1. The predicted molar refractivity (Wildman–Crippen MR) is 71.4 cm³/mol. The third-order valence-corrected chi connectivity index (χ3v) is 4.30. The maximum Gasteiger partial charge on any atom is 0.240 e. The van der Waals surface area contributed by atoms with Crippen LogP contribution < -0.4 is 10.6 Å². The van der Waals surface area contributed by atoms with Crippen LogP contribution in [-0.4, -0.2) is 37.7 Å². The molecule has 18 heavy (non-hydrogen) atoms. The quantitative estimate of drug-likeness (QED) is 0.798. The standard InChI is InChI=1S/C14H26N2O2/c1-14(7-2-3-8-16-14)13(17)15-9-4-12-5-10-18-11-6-12/h12,16H,2-11H2,1H3,(H,15,17). The lowest BCUT2D eigenvalue weighted by Crippen LogP contribution is -2.57. The Labute approximate surface area is 110 Å². The van der Waals surface area contributed by atoms with Crippen LogP contribution in [0.1, 0.15) is 45.4 Å². The second kappa shape index (κ2) is 6.53. The van der Waals surface area contributed by atoms with Crippen LogP contribution in [-0.2, 0) is 9.53 Å². The van der Waals surface area contributed by atoms with Crippen molar-refractivity contribution in [1.82, 2.24) is 10.6 Å². The highest BCUT2D eigenvalue weighted by Crippen LogP contribution is 2.20. The first kappa shape index (κ1) is 13.8. The second-order valence-electron chi connectivity index (χ2n) is 5.82. The molecule has 1 atom stereocenters. The van der Waals surface area contributed by atoms with Gasteiger partial charge in [0.05, 0.1) is 5.54 Å². The third kappa shape index (κ3) is 3.69. The van der Waals surface area contributed by atoms with Crippen LogP contribution in [0.25, 0.3) is 0 Å². The highest BCUT2D eigenvalue weighted by molar-refractivity contribution is 5.85. The van der Waals surface area contributed by atoms with Gasteiger partial charge in [0.25, 0.3) is 0 Å². The molecule has 0 bridgehead atoms. The summed E-state index contributed by atoms with van der Waals surface area (Å²) < 4.78 is 5.34. The lowest BCUT2D eigenvalue weighted by molar-refractivity contribution is -0.128. The second-order valence-corrected chi connectivity index (χ2v) is 5.82. The fourth-order valence-corrected chi connectivity index (χ4v) is 2.87. The van der Waals surface area contributed by atoms with Crippen molar-refractivity contribution in [3.63, 3.8) is 0 Å². The van der Waals surface area contributed by atoms with E-state index in [1.165, 1.54) is 6.42 Å². The molecular weight excluding hydrogens is 228 g/mol. The van der Waals surface area contributed by atoms with Crippen molar-refractivity contribution in [2.24, 2.45) is 5.92 Å². The van der Waals surface area contributed by atoms with Gasteiger partial charge in [-0.05, 0) is 57.9 Å². The van der Waals surface area contributed by atoms with E-state index in [2.05, 4.69) is 10.6 Å². The summed E-state index contributed by atoms with van der Waals surface area (Å²) in [5.41, 5.74) is -0.339. The Balaban J connectivity index is 1.67. The van der Waals surface area contributed by atoms with Crippen LogP contribution >= 0.6 is 0 Å². The Morgan fingerprint density at radius 1 is 1.39 bits per heavy atom. The highest BCUT2D eigenvalue weighted by atomic mass is 16.5. The van der Waals surface area contributed by atoms with Gasteiger partial charge in [-0.25, -0.2) is 0 Å². The van der Waals surface area contributed by atoms with E-state index in [0.29, 0.717) is 0 Å². The fraction of sp³-hybridized carbons (Fsp3) is 0.929. The zero-order valence-electron chi connectivity index (χ0n) is 11.5. The summed E-state index contributed by atoms with van der Waals surface area (Å²) >= 11 is 0. The van der Waals surface area contributed by atoms with Crippen molar-refractivity contribution in [1.29, 1.82) is 0 Å². The normalized spacial score (nSPS) is 30.1. The molecule has 2 heterocycles. The zero-order valence-corrected chi connectivity index (χ0v) is 11.5. The molecule has 4 heteroatoms. The van der Waals surface area contributed by atoms with E-state index in [9.17, 15) is 4.79 Å². The maximum absolute atomic E-state index is 12.2. The van der Waals surface area contributed by atoms with Crippen LogP contribution in [0.15, 0.2) is 0 Å². The highest BCUT2D eigenvalue weighted by Gasteiger charge is 2.33. The number of rotatable bonds is 4. The molecule has 0 saturated carbocycles. The van der Waals surface area contributed by atoms with Gasteiger partial charge in [0, 0.05) is 19.8 Å². The Morgan fingerprint density at radius 2 is 2.17 bits per heavy atom. The molecular formula is C14H26N2O2. The molecule has 1 amide bonds. The van der Waals surface area contributed by atoms with E-state index in [1.807, 2.05) is 6.92 Å². The summed E-state index contributed by atoms with van der Waals surface area (Å²) in [4.78, 5) is 12.2. The van der Waals surface area contributed by atoms with Crippen molar-refractivity contribution in [3.05, 3.63) is 0 Å². The minimum absolute atomic E-state index is 0.175. The topological polar surface area (TPSA) is 50.4 Å². The molecule has 0 spiro atoms. The van der Waals surface area contributed by atoms with Gasteiger partial charge in [-0.2, -0.15) is 0 Å². The Morgan fingerprint density at radius 3 is 2.83 bits per heavy atom. The molecule has 1 unspecified atom stereocenters. The Bertz CT molecular complexity index is 269. The van der Waals surface area contributed by atoms with E-state index in [4.69, 9.17) is 4.74 Å². The third-order valence-electron chi connectivity index (χ3n) is 4.30. The van der Waals surface area contributed by atoms with Crippen molar-refractivity contribution in [2.75, 3.05) is 26.3 Å². The van der Waals surface area contributed by atoms with Gasteiger partial charge in [-0.1, -0.05) is 0 Å². The van der Waals surface area contributed by atoms with Crippen molar-refractivity contribution in [3.8, 4) is 0 Å². The average molecular weight is 254 g/mol. The number of piperidine rings is 1. The lowest BCUT2D eigenvalue weighted by Gasteiger charge is -2.33. The monoisotopic (exact) mass is 254 g/mol. The van der Waals surface area contributed by atoms with Crippen LogP contribution in [0.3, 0.4) is 0 Å². The van der Waals surface area contributed by atoms with Gasteiger partial charge in [0.15, 0.2) is 0 Å². The number of nitrogens with one attached hydrogen (secondary N) is 2. The molecule has 2 aliphatic rings. The number of hydrogen-bond acceptors (Lipinski definition) is 3. The molecule has 0 aromatic heterocycles. The van der Waals surface area contributed by atoms with Crippen molar-refractivity contribution in [2.45, 2.75) is 51.0 Å². The van der Waals surface area contributed by atoms with Gasteiger partial charge in [0.2, 0.25) is 5.91 Å². The van der Waals surface area contributed by atoms with E-state index in [1.54, 1.807) is 0 Å². The molecule has 0 aromatic rings. The summed E-state index contributed by atoms with van der Waals surface area (Å²) in [6, 6.07) is 0. The van der Waals surface area contributed by atoms with E-state index >= 15 is 0 Å². The van der Waals surface area contributed by atoms with Gasteiger partial charge in [-0.3, -0.25) is 4.79 Å². The number of ether oxygens (including phenoxy) is 1. The zero-order chi connectivity index (χ0) is 12.8. The first-order valence-electron chi connectivity index (χ1n) is 7.32.